The van der Waals surface area contributed by atoms with E-state index >= 15 is 0 Å². The highest BCUT2D eigenvalue weighted by Gasteiger charge is 2.24. The third-order valence-corrected chi connectivity index (χ3v) is 5.78. The molecule has 7 heteroatoms. The van der Waals surface area contributed by atoms with E-state index in [9.17, 15) is 0 Å². The van der Waals surface area contributed by atoms with Crippen LogP contribution in [0, 0.1) is 11.8 Å². The Morgan fingerprint density at radius 1 is 1.14 bits per heavy atom. The van der Waals surface area contributed by atoms with Gasteiger partial charge in [0.05, 0.1) is 0 Å². The molecule has 0 bridgehead atoms. The molecule has 158 valence electrons. The van der Waals surface area contributed by atoms with Crippen LogP contribution in [0.1, 0.15) is 32.8 Å². The highest BCUT2D eigenvalue weighted by molar-refractivity contribution is 14.0. The van der Waals surface area contributed by atoms with Crippen LogP contribution >= 0.6 is 24.0 Å². The summed E-state index contributed by atoms with van der Waals surface area (Å²) in [5.74, 6) is 3.55. The average molecular weight is 500 g/mol. The Bertz CT molecular complexity index is 602. The molecule has 0 radical (unpaired) electrons. The molecule has 2 atom stereocenters. The number of aliphatic imine (C=N–C) groups is 1. The minimum Gasteiger partial charge on any atom is -0.354 e. The summed E-state index contributed by atoms with van der Waals surface area (Å²) in [6, 6.07) is 4.35. The zero-order valence-electron chi connectivity index (χ0n) is 17.9. The van der Waals surface area contributed by atoms with Crippen molar-refractivity contribution in [3.8, 4) is 0 Å². The van der Waals surface area contributed by atoms with Gasteiger partial charge in [0.2, 0.25) is 0 Å². The number of hydrogen-bond donors (Lipinski definition) is 1. The maximum atomic E-state index is 4.71. The van der Waals surface area contributed by atoms with Crippen LogP contribution in [0.15, 0.2) is 23.3 Å². The maximum Gasteiger partial charge on any atom is 0.193 e. The molecule has 1 N–H and O–H groups in total. The van der Waals surface area contributed by atoms with E-state index < -0.39 is 0 Å². The van der Waals surface area contributed by atoms with Crippen molar-refractivity contribution in [3.63, 3.8) is 0 Å². The van der Waals surface area contributed by atoms with E-state index in [1.807, 2.05) is 13.2 Å². The van der Waals surface area contributed by atoms with Gasteiger partial charge in [-0.05, 0) is 36.4 Å². The number of likely N-dealkylation sites (tertiary alicyclic amines) is 1. The molecule has 1 aromatic rings. The molecule has 2 unspecified atom stereocenters. The minimum absolute atomic E-state index is 0. The second-order valence-electron chi connectivity index (χ2n) is 8.20. The van der Waals surface area contributed by atoms with Gasteiger partial charge in [0.15, 0.2) is 5.96 Å². The second kappa shape index (κ2) is 11.2. The summed E-state index contributed by atoms with van der Waals surface area (Å²) in [6.45, 7) is 15.4. The van der Waals surface area contributed by atoms with Crippen LogP contribution < -0.4 is 10.2 Å². The molecule has 2 aliphatic heterocycles. The van der Waals surface area contributed by atoms with Crippen LogP contribution in [0.5, 0.6) is 0 Å². The van der Waals surface area contributed by atoms with E-state index in [0.717, 1.165) is 76.0 Å². The minimum atomic E-state index is 0. The van der Waals surface area contributed by atoms with Crippen molar-refractivity contribution in [1.29, 1.82) is 0 Å². The molecule has 2 saturated heterocycles. The average Bonchev–Trinajstić information content (AvgIpc) is 2.68. The van der Waals surface area contributed by atoms with Crippen LogP contribution in [0.4, 0.5) is 5.82 Å². The quantitative estimate of drug-likeness (QED) is 0.392. The Labute approximate surface area is 187 Å². The lowest BCUT2D eigenvalue weighted by Crippen LogP contribution is -2.48. The fourth-order valence-corrected chi connectivity index (χ4v) is 4.35. The van der Waals surface area contributed by atoms with Crippen molar-refractivity contribution in [3.05, 3.63) is 23.9 Å². The number of nitrogens with zero attached hydrogens (tertiary/aromatic N) is 5. The first-order chi connectivity index (χ1) is 13.1. The molecule has 2 fully saturated rings. The third kappa shape index (κ3) is 6.20. The molecule has 0 spiro atoms. The third-order valence-electron chi connectivity index (χ3n) is 5.78. The maximum absolute atomic E-state index is 4.71. The summed E-state index contributed by atoms with van der Waals surface area (Å²) < 4.78 is 0. The zero-order chi connectivity index (χ0) is 19.2. The number of piperidine rings is 1. The summed E-state index contributed by atoms with van der Waals surface area (Å²) in [5.41, 5.74) is 1.20. The first kappa shape index (κ1) is 23.2. The Kier molecular flexibility index (Phi) is 9.27. The predicted molar refractivity (Wildman–Crippen MR) is 129 cm³/mol. The molecule has 2 aliphatic rings. The van der Waals surface area contributed by atoms with Crippen LogP contribution in [0.25, 0.3) is 0 Å². The highest BCUT2D eigenvalue weighted by Crippen LogP contribution is 2.21. The van der Waals surface area contributed by atoms with E-state index in [4.69, 9.17) is 4.98 Å². The van der Waals surface area contributed by atoms with Crippen LogP contribution in [0.3, 0.4) is 0 Å². The van der Waals surface area contributed by atoms with Crippen LogP contribution in [0.2, 0.25) is 0 Å². The van der Waals surface area contributed by atoms with Gasteiger partial charge in [-0.15, -0.1) is 24.0 Å². The van der Waals surface area contributed by atoms with Crippen LogP contribution in [-0.2, 0) is 6.54 Å². The summed E-state index contributed by atoms with van der Waals surface area (Å²) >= 11 is 0. The summed E-state index contributed by atoms with van der Waals surface area (Å²) in [4.78, 5) is 16.5. The molecular formula is C21H37IN6. The predicted octanol–water partition coefficient (Wildman–Crippen LogP) is 2.89. The smallest absolute Gasteiger partial charge is 0.193 e. The van der Waals surface area contributed by atoms with Crippen molar-refractivity contribution in [2.75, 3.05) is 57.8 Å². The molecular weight excluding hydrogens is 463 g/mol. The Morgan fingerprint density at radius 3 is 2.36 bits per heavy atom. The molecule has 1 aromatic heterocycles. The number of anilines is 1. The fourth-order valence-electron chi connectivity index (χ4n) is 4.35. The molecule has 3 rings (SSSR count). The van der Waals surface area contributed by atoms with Gasteiger partial charge in [0.1, 0.15) is 5.82 Å². The fraction of sp³-hybridized carbons (Fsp3) is 0.714. The van der Waals surface area contributed by atoms with Crippen molar-refractivity contribution in [1.82, 2.24) is 20.1 Å². The Balaban J connectivity index is 0.00000280. The lowest BCUT2D eigenvalue weighted by molar-refractivity contribution is 0.208. The van der Waals surface area contributed by atoms with E-state index in [-0.39, 0.29) is 24.0 Å². The van der Waals surface area contributed by atoms with Gasteiger partial charge in [-0.1, -0.05) is 26.8 Å². The summed E-state index contributed by atoms with van der Waals surface area (Å²) in [6.07, 6.45) is 3.31. The molecule has 6 nitrogen and oxygen atoms in total. The van der Waals surface area contributed by atoms with Gasteiger partial charge in [-0.25, -0.2) is 4.98 Å². The van der Waals surface area contributed by atoms with E-state index in [0.29, 0.717) is 0 Å². The first-order valence-electron chi connectivity index (χ1n) is 10.5. The number of rotatable bonds is 4. The summed E-state index contributed by atoms with van der Waals surface area (Å²) in [7, 11) is 1.88. The second-order valence-corrected chi connectivity index (χ2v) is 8.20. The highest BCUT2D eigenvalue weighted by atomic mass is 127. The molecule has 0 aliphatic carbocycles. The number of halogens is 1. The zero-order valence-corrected chi connectivity index (χ0v) is 20.2. The lowest BCUT2D eigenvalue weighted by atomic mass is 9.92. The van der Waals surface area contributed by atoms with E-state index in [2.05, 4.69) is 57.9 Å². The van der Waals surface area contributed by atoms with Gasteiger partial charge in [0, 0.05) is 59.1 Å². The van der Waals surface area contributed by atoms with Gasteiger partial charge >= 0.3 is 0 Å². The number of piperazine rings is 1. The van der Waals surface area contributed by atoms with Crippen LogP contribution in [-0.4, -0.2) is 73.6 Å². The standard InChI is InChI=1S/C21H36N6.HI/c1-5-25-8-10-26(11-9-25)20-7-6-19(13-23-20)14-24-21(22-4)27-15-17(2)12-18(3)16-27;/h6-7,13,17-18H,5,8-12,14-16H2,1-4H3,(H,22,24);1H. The monoisotopic (exact) mass is 500 g/mol. The SMILES string of the molecule is CCN1CCN(c2ccc(CNC(=NC)N3CC(C)CC(C)C3)cn2)CC1.I. The number of pyridine rings is 1. The van der Waals surface area contributed by atoms with Gasteiger partial charge in [-0.2, -0.15) is 0 Å². The van der Waals surface area contributed by atoms with Crippen molar-refractivity contribution in [2.45, 2.75) is 33.7 Å². The topological polar surface area (TPSA) is 47.0 Å². The molecule has 28 heavy (non-hydrogen) atoms. The number of hydrogen-bond acceptors (Lipinski definition) is 4. The first-order valence-corrected chi connectivity index (χ1v) is 10.5. The lowest BCUT2D eigenvalue weighted by Gasteiger charge is -2.37. The Hall–Kier alpha value is -1.09. The van der Waals surface area contributed by atoms with E-state index in [1.54, 1.807) is 0 Å². The molecule has 0 saturated carbocycles. The van der Waals surface area contributed by atoms with Gasteiger partial charge in [0.25, 0.3) is 0 Å². The Morgan fingerprint density at radius 2 is 1.82 bits per heavy atom. The number of likely N-dealkylation sites (N-methyl/N-ethyl adjacent to an activating group) is 1. The van der Waals surface area contributed by atoms with Gasteiger partial charge in [-0.3, -0.25) is 4.99 Å². The normalized spacial score (nSPS) is 24.1. The summed E-state index contributed by atoms with van der Waals surface area (Å²) in [5, 5.41) is 3.52. The molecule has 0 amide bonds. The van der Waals surface area contributed by atoms with Crippen molar-refractivity contribution in [2.24, 2.45) is 16.8 Å². The number of guanidine groups is 1. The molecule has 3 heterocycles. The largest absolute Gasteiger partial charge is 0.354 e. The van der Waals surface area contributed by atoms with E-state index in [1.165, 1.54) is 12.0 Å². The van der Waals surface area contributed by atoms with Crippen molar-refractivity contribution < 1.29 is 0 Å². The molecule has 0 aromatic carbocycles. The van der Waals surface area contributed by atoms with Gasteiger partial charge < -0.3 is 20.0 Å². The van der Waals surface area contributed by atoms with Crippen molar-refractivity contribution >= 4 is 35.8 Å². The number of aromatic nitrogens is 1. The number of nitrogens with one attached hydrogen (secondary N) is 1.